The summed E-state index contributed by atoms with van der Waals surface area (Å²) in [6.07, 6.45) is 8.82. The Kier molecular flexibility index (Phi) is 5.04. The maximum Gasteiger partial charge on any atom is 0.237 e. The van der Waals surface area contributed by atoms with Crippen molar-refractivity contribution in [1.29, 1.82) is 0 Å². The summed E-state index contributed by atoms with van der Waals surface area (Å²) in [5.74, 6) is 0.358. The van der Waals surface area contributed by atoms with E-state index in [1.165, 1.54) is 44.9 Å². The number of hydrogen-bond donors (Lipinski definition) is 0. The van der Waals surface area contributed by atoms with Crippen LogP contribution in [0.15, 0.2) is 0 Å². The Hall–Kier alpha value is -0.570. The van der Waals surface area contributed by atoms with Crippen molar-refractivity contribution in [2.75, 3.05) is 19.6 Å². The largest absolute Gasteiger partial charge is 0.336 e. The third-order valence-corrected chi connectivity index (χ3v) is 4.54. The summed E-state index contributed by atoms with van der Waals surface area (Å²) >= 11 is 0. The Balaban J connectivity index is 1.89. The van der Waals surface area contributed by atoms with Crippen LogP contribution in [0.25, 0.3) is 0 Å². The Morgan fingerprint density at radius 1 is 0.944 bits per heavy atom. The molecule has 0 N–H and O–H groups in total. The average molecular weight is 252 g/mol. The lowest BCUT2D eigenvalue weighted by Gasteiger charge is -2.40. The predicted molar refractivity (Wildman–Crippen MR) is 74.5 cm³/mol. The average Bonchev–Trinajstić information content (AvgIpc) is 2.57. The maximum atomic E-state index is 12.5. The highest BCUT2D eigenvalue weighted by atomic mass is 16.2. The van der Waals surface area contributed by atoms with E-state index in [-0.39, 0.29) is 0 Å². The SMILES string of the molecule is CC1CCCC(C)N1C(=O)CN1CCCCCC1. The smallest absolute Gasteiger partial charge is 0.237 e. The summed E-state index contributed by atoms with van der Waals surface area (Å²) in [4.78, 5) is 17.0. The lowest BCUT2D eigenvalue weighted by Crippen LogP contribution is -2.51. The maximum absolute atomic E-state index is 12.5. The van der Waals surface area contributed by atoms with Crippen LogP contribution in [0.5, 0.6) is 0 Å². The van der Waals surface area contributed by atoms with E-state index < -0.39 is 0 Å². The predicted octanol–water partition coefficient (Wildman–Crippen LogP) is 2.65. The van der Waals surface area contributed by atoms with E-state index in [1.54, 1.807) is 0 Å². The second-order valence-corrected chi connectivity index (χ2v) is 6.12. The zero-order valence-electron chi connectivity index (χ0n) is 12.0. The van der Waals surface area contributed by atoms with Gasteiger partial charge in [0.05, 0.1) is 6.54 Å². The van der Waals surface area contributed by atoms with Gasteiger partial charge in [-0.05, 0) is 59.0 Å². The fraction of sp³-hybridized carbons (Fsp3) is 0.933. The molecule has 0 spiro atoms. The number of carbonyl (C=O) groups is 1. The van der Waals surface area contributed by atoms with Crippen molar-refractivity contribution in [2.45, 2.75) is 70.9 Å². The monoisotopic (exact) mass is 252 g/mol. The van der Waals surface area contributed by atoms with Gasteiger partial charge in [0.2, 0.25) is 5.91 Å². The second-order valence-electron chi connectivity index (χ2n) is 6.12. The molecule has 2 aliphatic heterocycles. The summed E-state index contributed by atoms with van der Waals surface area (Å²) in [5.41, 5.74) is 0. The Morgan fingerprint density at radius 3 is 2.06 bits per heavy atom. The quantitative estimate of drug-likeness (QED) is 0.754. The molecule has 0 radical (unpaired) electrons. The van der Waals surface area contributed by atoms with Gasteiger partial charge in [-0.2, -0.15) is 0 Å². The molecule has 2 rings (SSSR count). The number of nitrogens with zero attached hydrogens (tertiary/aromatic N) is 2. The standard InChI is InChI=1S/C15H28N2O/c1-13-8-7-9-14(2)17(13)15(18)12-16-10-5-3-4-6-11-16/h13-14H,3-12H2,1-2H3. The topological polar surface area (TPSA) is 23.6 Å². The van der Waals surface area contributed by atoms with Gasteiger partial charge in [0.25, 0.3) is 0 Å². The minimum absolute atomic E-state index is 0.358. The molecule has 0 aromatic rings. The van der Waals surface area contributed by atoms with Gasteiger partial charge in [-0.15, -0.1) is 0 Å². The van der Waals surface area contributed by atoms with Gasteiger partial charge < -0.3 is 4.90 Å². The molecule has 2 atom stereocenters. The first-order valence-corrected chi connectivity index (χ1v) is 7.72. The van der Waals surface area contributed by atoms with Crippen LogP contribution in [-0.2, 0) is 4.79 Å². The van der Waals surface area contributed by atoms with Gasteiger partial charge in [-0.3, -0.25) is 9.69 Å². The van der Waals surface area contributed by atoms with Gasteiger partial charge in [0, 0.05) is 12.1 Å². The number of piperidine rings is 1. The van der Waals surface area contributed by atoms with Crippen LogP contribution >= 0.6 is 0 Å². The number of likely N-dealkylation sites (tertiary alicyclic amines) is 2. The molecule has 18 heavy (non-hydrogen) atoms. The molecule has 2 saturated heterocycles. The molecule has 2 aliphatic rings. The molecule has 2 heterocycles. The Bertz CT molecular complexity index is 262. The van der Waals surface area contributed by atoms with E-state index in [4.69, 9.17) is 0 Å². The van der Waals surface area contributed by atoms with Crippen molar-refractivity contribution < 1.29 is 4.79 Å². The summed E-state index contributed by atoms with van der Waals surface area (Å²) < 4.78 is 0. The third kappa shape index (κ3) is 3.47. The Labute approximate surface area is 112 Å². The van der Waals surface area contributed by atoms with Crippen LogP contribution in [0.3, 0.4) is 0 Å². The number of carbonyl (C=O) groups excluding carboxylic acids is 1. The highest BCUT2D eigenvalue weighted by Crippen LogP contribution is 2.23. The summed E-state index contributed by atoms with van der Waals surface area (Å²) in [7, 11) is 0. The van der Waals surface area contributed by atoms with Crippen LogP contribution in [0.2, 0.25) is 0 Å². The normalized spacial score (nSPS) is 31.1. The molecule has 0 aromatic carbocycles. The van der Waals surface area contributed by atoms with E-state index in [2.05, 4.69) is 23.6 Å². The van der Waals surface area contributed by atoms with Crippen molar-refractivity contribution in [2.24, 2.45) is 0 Å². The van der Waals surface area contributed by atoms with Crippen LogP contribution in [0.4, 0.5) is 0 Å². The number of rotatable bonds is 2. The molecule has 0 saturated carbocycles. The van der Waals surface area contributed by atoms with E-state index in [1.807, 2.05) is 0 Å². The van der Waals surface area contributed by atoms with Crippen molar-refractivity contribution in [1.82, 2.24) is 9.80 Å². The van der Waals surface area contributed by atoms with Crippen molar-refractivity contribution >= 4 is 5.91 Å². The van der Waals surface area contributed by atoms with Crippen LogP contribution in [0.1, 0.15) is 58.8 Å². The molecule has 0 aliphatic carbocycles. The molecule has 104 valence electrons. The fourth-order valence-corrected chi connectivity index (χ4v) is 3.48. The van der Waals surface area contributed by atoms with E-state index in [9.17, 15) is 4.79 Å². The van der Waals surface area contributed by atoms with Gasteiger partial charge in [-0.25, -0.2) is 0 Å². The second kappa shape index (κ2) is 6.55. The van der Waals surface area contributed by atoms with Crippen LogP contribution in [0, 0.1) is 0 Å². The van der Waals surface area contributed by atoms with Gasteiger partial charge in [0.1, 0.15) is 0 Å². The lowest BCUT2D eigenvalue weighted by atomic mass is 9.97. The minimum atomic E-state index is 0.358. The fourth-order valence-electron chi connectivity index (χ4n) is 3.48. The summed E-state index contributed by atoms with van der Waals surface area (Å²) in [6, 6.07) is 0.876. The number of hydrogen-bond acceptors (Lipinski definition) is 2. The molecule has 2 unspecified atom stereocenters. The zero-order chi connectivity index (χ0) is 13.0. The molecule has 2 fully saturated rings. The van der Waals surface area contributed by atoms with Gasteiger partial charge in [-0.1, -0.05) is 12.8 Å². The van der Waals surface area contributed by atoms with Gasteiger partial charge in [0.15, 0.2) is 0 Å². The van der Waals surface area contributed by atoms with Crippen molar-refractivity contribution in [3.63, 3.8) is 0 Å². The van der Waals surface area contributed by atoms with Crippen LogP contribution in [-0.4, -0.2) is 47.4 Å². The minimum Gasteiger partial charge on any atom is -0.336 e. The van der Waals surface area contributed by atoms with E-state index in [0.29, 0.717) is 24.5 Å². The van der Waals surface area contributed by atoms with E-state index in [0.717, 1.165) is 13.1 Å². The first kappa shape index (κ1) is 13.9. The number of amides is 1. The molecular formula is C15H28N2O. The molecule has 0 aromatic heterocycles. The van der Waals surface area contributed by atoms with Crippen molar-refractivity contribution in [3.8, 4) is 0 Å². The summed E-state index contributed by atoms with van der Waals surface area (Å²) in [5, 5.41) is 0. The van der Waals surface area contributed by atoms with Crippen LogP contribution < -0.4 is 0 Å². The third-order valence-electron chi connectivity index (χ3n) is 4.54. The molecule has 1 amide bonds. The van der Waals surface area contributed by atoms with Crippen molar-refractivity contribution in [3.05, 3.63) is 0 Å². The van der Waals surface area contributed by atoms with Gasteiger partial charge >= 0.3 is 0 Å². The van der Waals surface area contributed by atoms with E-state index >= 15 is 0 Å². The molecule has 3 heteroatoms. The first-order valence-electron chi connectivity index (χ1n) is 7.72. The zero-order valence-corrected chi connectivity index (χ0v) is 12.0. The lowest BCUT2D eigenvalue weighted by molar-refractivity contribution is -0.138. The highest BCUT2D eigenvalue weighted by molar-refractivity contribution is 5.79. The molecule has 3 nitrogen and oxygen atoms in total. The Morgan fingerprint density at radius 2 is 1.50 bits per heavy atom. The summed E-state index contributed by atoms with van der Waals surface area (Å²) in [6.45, 7) is 7.28. The molecular weight excluding hydrogens is 224 g/mol. The highest BCUT2D eigenvalue weighted by Gasteiger charge is 2.29. The first-order chi connectivity index (χ1) is 8.68. The molecule has 0 bridgehead atoms.